The SMILES string of the molecule is CC.CN=C=O.CN=C=O.CN=C=O.CNC(=O)OOC(=O)NC.CNC(=O)OOC(=O)NC.CNC(=O)OOC(=O)NC.CNC(=O)OOC(=O)NC.COC#N.COC#N.COC#N.COC#N.OO.OO. The van der Waals surface area contributed by atoms with Gasteiger partial charge in [-0.1, -0.05) is 13.8 Å². The van der Waals surface area contributed by atoms with Gasteiger partial charge in [0.25, 0.3) is 25.0 Å². The third kappa shape index (κ3) is 214. The lowest BCUT2D eigenvalue weighted by molar-refractivity contribution is -0.177. The zero-order valence-electron chi connectivity index (χ0n) is 42.8. The molecule has 12 N–H and O–H groups in total. The van der Waals surface area contributed by atoms with E-state index in [-0.39, 0.29) is 0 Å². The maximum atomic E-state index is 10.2. The van der Waals surface area contributed by atoms with E-state index in [4.69, 9.17) is 56.5 Å². The average molecular weight is 1090 g/mol. The number of nitriles is 4. The topological polar surface area (TPSA) is 608 Å². The van der Waals surface area contributed by atoms with Crippen LogP contribution in [0.5, 0.6) is 0 Å². The third-order valence-electron chi connectivity index (χ3n) is 3.04. The van der Waals surface area contributed by atoms with E-state index in [2.05, 4.69) is 116 Å². The zero-order chi connectivity index (χ0) is 61.8. The molecule has 0 bridgehead atoms. The number of methoxy groups -OCH3 is 4. The number of rotatable bonds is 0. The van der Waals surface area contributed by atoms with Gasteiger partial charge in [0.1, 0.15) is 0 Å². The predicted molar refractivity (Wildman–Crippen MR) is 239 cm³/mol. The van der Waals surface area contributed by atoms with Crippen LogP contribution >= 0.6 is 0 Å². The van der Waals surface area contributed by atoms with Gasteiger partial charge in [0.15, 0.2) is 0 Å². The zero-order valence-corrected chi connectivity index (χ0v) is 42.8. The summed E-state index contributed by atoms with van der Waals surface area (Å²) in [6.45, 7) is 4.00. The Labute approximate surface area is 422 Å². The highest BCUT2D eigenvalue weighted by Gasteiger charge is 2.05. The molecule has 0 aromatic heterocycles. The number of carbonyl (C=O) groups excluding carboxylic acids is 11. The van der Waals surface area contributed by atoms with Gasteiger partial charge in [0, 0.05) is 77.5 Å². The van der Waals surface area contributed by atoms with E-state index < -0.39 is 48.7 Å². The molecule has 8 amide bonds. The van der Waals surface area contributed by atoms with Crippen molar-refractivity contribution in [3.8, 4) is 25.0 Å². The average Bonchev–Trinajstić information content (AvgIpc) is 3.48. The third-order valence-corrected chi connectivity index (χ3v) is 3.04. The van der Waals surface area contributed by atoms with Gasteiger partial charge in [-0.2, -0.15) is 21.0 Å². The van der Waals surface area contributed by atoms with Gasteiger partial charge in [-0.15, -0.1) is 0 Å². The Morgan fingerprint density at radius 1 is 0.324 bits per heavy atom. The number of nitrogens with zero attached hydrogens (tertiary/aromatic N) is 7. The first kappa shape index (κ1) is 101. The van der Waals surface area contributed by atoms with Gasteiger partial charge >= 0.3 is 48.7 Å². The molecule has 0 aliphatic heterocycles. The second-order valence-corrected chi connectivity index (χ2v) is 7.09. The van der Waals surface area contributed by atoms with E-state index in [0.717, 1.165) is 0 Å². The van der Waals surface area contributed by atoms with Crippen LogP contribution in [0.1, 0.15) is 13.8 Å². The summed E-state index contributed by atoms with van der Waals surface area (Å²) < 4.78 is 15.4. The van der Waals surface area contributed by atoms with Crippen molar-refractivity contribution in [3.05, 3.63) is 0 Å². The Balaban J connectivity index is -0.0000000452. The second kappa shape index (κ2) is 125. The molecule has 0 aromatic carbocycles. The fourth-order valence-corrected chi connectivity index (χ4v) is 0.636. The summed E-state index contributed by atoms with van der Waals surface area (Å²) >= 11 is 0. The standard InChI is InChI=1S/4C4H8N2O4.7C2H3NO.C2H6.2H2O2/c4*1-5-3(7)9-10-4(8)6-2;4*1-4-2-3;3*1-3-2-4;3*1-2/h4*1-2H3,(H,5,7)(H,6,8);7*1H3;1-2H3;2*1-2H. The van der Waals surface area contributed by atoms with Crippen molar-refractivity contribution in [1.82, 2.24) is 42.5 Å². The molecule has 0 atom stereocenters. The fourth-order valence-electron chi connectivity index (χ4n) is 0.636. The summed E-state index contributed by atoms with van der Waals surface area (Å²) in [4.78, 5) is 148. The molecule has 0 heterocycles. The summed E-state index contributed by atoms with van der Waals surface area (Å²) in [5.74, 6) is 0. The van der Waals surface area contributed by atoms with Crippen LogP contribution in [0.25, 0.3) is 0 Å². The Morgan fingerprint density at radius 2 is 0.392 bits per heavy atom. The summed E-state index contributed by atoms with van der Waals surface area (Å²) in [6, 6.07) is 0. The van der Waals surface area contributed by atoms with Gasteiger partial charge in [0.05, 0.1) is 28.4 Å². The van der Waals surface area contributed by atoms with Crippen molar-refractivity contribution < 1.29 is 132 Å². The first-order valence-corrected chi connectivity index (χ1v) is 17.3. The van der Waals surface area contributed by atoms with Crippen LogP contribution in [0.15, 0.2) is 15.0 Å². The highest BCUT2D eigenvalue weighted by Crippen LogP contribution is 1.81. The molecule has 0 aromatic rings. The first-order valence-electron chi connectivity index (χ1n) is 17.3. The van der Waals surface area contributed by atoms with Crippen LogP contribution < -0.4 is 42.5 Å². The van der Waals surface area contributed by atoms with Crippen molar-refractivity contribution in [2.75, 3.05) is 106 Å². The molecule has 42 heteroatoms. The molecule has 0 saturated carbocycles. The molecule has 0 radical (unpaired) electrons. The number of ether oxygens (including phenoxy) is 4. The van der Waals surface area contributed by atoms with Gasteiger partial charge in [-0.05, 0) is 0 Å². The van der Waals surface area contributed by atoms with Gasteiger partial charge in [-0.3, -0.25) is 21.0 Å². The fraction of sp³-hybridized carbons (Fsp3) is 0.531. The predicted octanol–water partition coefficient (Wildman–Crippen LogP) is -0.174. The molecule has 0 saturated heterocycles. The molecule has 0 aliphatic carbocycles. The smallest absolute Gasteiger partial charge is 0.431 e. The van der Waals surface area contributed by atoms with E-state index in [9.17, 15) is 38.4 Å². The van der Waals surface area contributed by atoms with Gasteiger partial charge in [0.2, 0.25) is 18.2 Å². The maximum absolute atomic E-state index is 10.2. The van der Waals surface area contributed by atoms with Crippen molar-refractivity contribution in [2.24, 2.45) is 15.0 Å². The Morgan fingerprint density at radius 3 is 0.419 bits per heavy atom. The molecule has 74 heavy (non-hydrogen) atoms. The molecule has 0 rings (SSSR count). The van der Waals surface area contributed by atoms with E-state index in [1.165, 1.54) is 149 Å². The molecular formula is C32H63N15O27. The van der Waals surface area contributed by atoms with Crippen LogP contribution in [0.3, 0.4) is 0 Å². The monoisotopic (exact) mass is 1090 g/mol. The number of carbonyl (C=O) groups is 8. The van der Waals surface area contributed by atoms with Gasteiger partial charge in [-0.25, -0.2) is 107 Å². The van der Waals surface area contributed by atoms with E-state index in [1.54, 1.807) is 0 Å². The lowest BCUT2D eigenvalue weighted by Gasteiger charge is -1.99. The number of hydrogen-bond acceptors (Lipinski definition) is 34. The minimum absolute atomic E-state index is 0.830. The van der Waals surface area contributed by atoms with E-state index in [1.807, 2.05) is 13.8 Å². The number of amides is 8. The molecule has 0 aliphatic rings. The van der Waals surface area contributed by atoms with Crippen molar-refractivity contribution in [2.45, 2.75) is 13.8 Å². The number of hydrogen-bond donors (Lipinski definition) is 12. The summed E-state index contributed by atoms with van der Waals surface area (Å²) in [5, 5.41) is 70.2. The summed E-state index contributed by atoms with van der Waals surface area (Å²) in [5.41, 5.74) is 0. The van der Waals surface area contributed by atoms with Crippen molar-refractivity contribution in [3.63, 3.8) is 0 Å². The van der Waals surface area contributed by atoms with Crippen molar-refractivity contribution >= 4 is 67.0 Å². The van der Waals surface area contributed by atoms with Gasteiger partial charge < -0.3 is 61.5 Å². The lowest BCUT2D eigenvalue weighted by Crippen LogP contribution is -2.25. The second-order valence-electron chi connectivity index (χ2n) is 7.09. The quantitative estimate of drug-likeness (QED) is 0.0492. The summed E-state index contributed by atoms with van der Waals surface area (Å²) in [6.07, 6.45) is 3.00. The first-order chi connectivity index (χ1) is 35.2. The largest absolute Gasteiger partial charge is 0.450 e. The highest BCUT2D eigenvalue weighted by atomic mass is 17.2. The molecule has 42 nitrogen and oxygen atoms in total. The Kier molecular flexibility index (Phi) is 171. The van der Waals surface area contributed by atoms with E-state index >= 15 is 0 Å². The number of isocyanates is 3. The summed E-state index contributed by atoms with van der Waals surface area (Å²) in [7, 11) is 20.2. The van der Waals surface area contributed by atoms with Crippen LogP contribution in [-0.4, -0.2) is 194 Å². The molecule has 0 unspecified atom stereocenters. The van der Waals surface area contributed by atoms with E-state index in [0.29, 0.717) is 0 Å². The normalized spacial score (nSPS) is 6.01. The minimum atomic E-state index is -0.830. The minimum Gasteiger partial charge on any atom is -0.431 e. The Hall–Kier alpha value is -10.7. The maximum Gasteiger partial charge on any atom is 0.450 e. The van der Waals surface area contributed by atoms with Crippen LogP contribution in [0.2, 0.25) is 0 Å². The number of nitrogens with one attached hydrogen (secondary N) is 8. The van der Waals surface area contributed by atoms with Crippen LogP contribution in [0, 0.1) is 46.1 Å². The molecular weight excluding hydrogens is 1030 g/mol. The highest BCUT2D eigenvalue weighted by molar-refractivity contribution is 5.71. The molecule has 0 spiro atoms. The van der Waals surface area contributed by atoms with Crippen LogP contribution in [-0.2, 0) is 72.4 Å². The lowest BCUT2D eigenvalue weighted by atomic mass is 11.0. The van der Waals surface area contributed by atoms with Crippen LogP contribution in [0.4, 0.5) is 38.4 Å². The molecule has 428 valence electrons. The van der Waals surface area contributed by atoms with Crippen molar-refractivity contribution in [1.29, 1.82) is 21.0 Å². The number of aliphatic imine (C=N–C) groups is 3. The Bertz CT molecular complexity index is 1320. The molecule has 0 fully saturated rings.